The van der Waals surface area contributed by atoms with Crippen molar-refractivity contribution in [1.82, 2.24) is 5.32 Å². The highest BCUT2D eigenvalue weighted by molar-refractivity contribution is 6.31. The summed E-state index contributed by atoms with van der Waals surface area (Å²) in [6.07, 6.45) is 0. The van der Waals surface area contributed by atoms with Gasteiger partial charge in [0, 0.05) is 6.07 Å². The highest BCUT2D eigenvalue weighted by Gasteiger charge is 2.13. The highest BCUT2D eigenvalue weighted by atomic mass is 35.5. The molecule has 0 unspecified atom stereocenters. The van der Waals surface area contributed by atoms with Gasteiger partial charge in [0.2, 0.25) is 6.79 Å². The maximum Gasteiger partial charge on any atom is 0.319 e. The first-order valence-corrected chi connectivity index (χ1v) is 7.52. The molecule has 0 aliphatic carbocycles. The summed E-state index contributed by atoms with van der Waals surface area (Å²) < 4.78 is 29.6. The number of fused-ring (bicyclic) bond motifs is 1. The number of anilines is 1. The molecule has 126 valence electrons. The summed E-state index contributed by atoms with van der Waals surface area (Å²) in [7, 11) is 0. The van der Waals surface area contributed by atoms with E-state index in [1.54, 1.807) is 24.3 Å². The molecule has 2 amide bonds. The molecule has 2 aromatic rings. The fraction of sp³-hybridized carbons (Fsp3) is 0.188. The van der Waals surface area contributed by atoms with Crippen molar-refractivity contribution in [3.8, 4) is 17.2 Å². The molecule has 3 rings (SSSR count). The fourth-order valence-electron chi connectivity index (χ4n) is 2.07. The number of nitrogens with one attached hydrogen (secondary N) is 2. The Morgan fingerprint density at radius 3 is 2.96 bits per heavy atom. The number of urea groups is 1. The van der Waals surface area contributed by atoms with E-state index in [1.807, 2.05) is 0 Å². The Kier molecular flexibility index (Phi) is 4.90. The Labute approximate surface area is 142 Å². The van der Waals surface area contributed by atoms with Crippen molar-refractivity contribution in [2.24, 2.45) is 0 Å². The Hall–Kier alpha value is -2.67. The van der Waals surface area contributed by atoms with Crippen LogP contribution in [0.2, 0.25) is 5.02 Å². The number of benzene rings is 2. The molecule has 1 heterocycles. The van der Waals surface area contributed by atoms with E-state index in [0.717, 1.165) is 0 Å². The number of hydrogen-bond donors (Lipinski definition) is 2. The Balaban J connectivity index is 1.43. The molecule has 8 heteroatoms. The zero-order valence-electron chi connectivity index (χ0n) is 12.5. The first kappa shape index (κ1) is 16.2. The molecule has 2 N–H and O–H groups in total. The van der Waals surface area contributed by atoms with Crippen LogP contribution < -0.4 is 24.8 Å². The van der Waals surface area contributed by atoms with Gasteiger partial charge in [-0.05, 0) is 24.3 Å². The molecule has 0 atom stereocenters. The van der Waals surface area contributed by atoms with Gasteiger partial charge in [-0.15, -0.1) is 0 Å². The lowest BCUT2D eigenvalue weighted by atomic mass is 10.3. The number of amides is 2. The highest BCUT2D eigenvalue weighted by Crippen LogP contribution is 2.34. The molecule has 1 aliphatic rings. The zero-order chi connectivity index (χ0) is 16.9. The number of ether oxygens (including phenoxy) is 3. The zero-order valence-corrected chi connectivity index (χ0v) is 13.2. The molecule has 0 bridgehead atoms. The summed E-state index contributed by atoms with van der Waals surface area (Å²) in [5, 5.41) is 4.89. The van der Waals surface area contributed by atoms with Crippen molar-refractivity contribution in [2.45, 2.75) is 0 Å². The molecular formula is C16H14ClFN2O4. The molecule has 0 saturated carbocycles. The van der Waals surface area contributed by atoms with E-state index in [-0.39, 0.29) is 30.7 Å². The first-order valence-electron chi connectivity index (χ1n) is 7.15. The molecular weight excluding hydrogens is 339 g/mol. The molecule has 0 saturated heterocycles. The minimum Gasteiger partial charge on any atom is -0.492 e. The second-order valence-corrected chi connectivity index (χ2v) is 5.25. The fourth-order valence-corrected chi connectivity index (χ4v) is 2.24. The lowest BCUT2D eigenvalue weighted by Crippen LogP contribution is -2.32. The number of halogens is 2. The summed E-state index contributed by atoms with van der Waals surface area (Å²) in [5.74, 6) is 1.21. The van der Waals surface area contributed by atoms with Crippen molar-refractivity contribution in [3.05, 3.63) is 47.2 Å². The molecule has 24 heavy (non-hydrogen) atoms. The molecule has 2 aromatic carbocycles. The smallest absolute Gasteiger partial charge is 0.319 e. The number of carbonyl (C=O) groups excluding carboxylic acids is 1. The lowest BCUT2D eigenvalue weighted by Gasteiger charge is -2.10. The van der Waals surface area contributed by atoms with Crippen LogP contribution >= 0.6 is 11.6 Å². The van der Waals surface area contributed by atoms with Gasteiger partial charge < -0.3 is 24.8 Å². The van der Waals surface area contributed by atoms with Crippen molar-refractivity contribution in [1.29, 1.82) is 0 Å². The minimum absolute atomic E-state index is 0.0108. The van der Waals surface area contributed by atoms with Crippen LogP contribution in [0.25, 0.3) is 0 Å². The van der Waals surface area contributed by atoms with Crippen LogP contribution in [0.3, 0.4) is 0 Å². The van der Waals surface area contributed by atoms with Gasteiger partial charge in [-0.25, -0.2) is 9.18 Å². The largest absolute Gasteiger partial charge is 0.492 e. The SMILES string of the molecule is O=C(NCCOc1ccc2c(c1)OCO2)Nc1cccc(Cl)c1F. The van der Waals surface area contributed by atoms with Gasteiger partial charge in [0.1, 0.15) is 12.4 Å². The third-order valence-electron chi connectivity index (χ3n) is 3.20. The van der Waals surface area contributed by atoms with Gasteiger partial charge in [0.15, 0.2) is 17.3 Å². The lowest BCUT2D eigenvalue weighted by molar-refractivity contribution is 0.173. The van der Waals surface area contributed by atoms with Gasteiger partial charge in [-0.1, -0.05) is 17.7 Å². The van der Waals surface area contributed by atoms with Gasteiger partial charge in [0.25, 0.3) is 0 Å². The van der Waals surface area contributed by atoms with E-state index in [4.69, 9.17) is 25.8 Å². The van der Waals surface area contributed by atoms with Crippen molar-refractivity contribution >= 4 is 23.3 Å². The van der Waals surface area contributed by atoms with Crippen molar-refractivity contribution < 1.29 is 23.4 Å². The predicted octanol–water partition coefficient (Wildman–Crippen LogP) is 3.41. The van der Waals surface area contributed by atoms with E-state index < -0.39 is 11.8 Å². The first-order chi connectivity index (χ1) is 11.6. The van der Waals surface area contributed by atoms with E-state index in [2.05, 4.69) is 10.6 Å². The molecule has 1 aliphatic heterocycles. The normalized spacial score (nSPS) is 11.9. The van der Waals surface area contributed by atoms with Crippen molar-refractivity contribution in [2.75, 3.05) is 25.3 Å². The number of carbonyl (C=O) groups is 1. The second kappa shape index (κ2) is 7.27. The minimum atomic E-state index is -0.675. The van der Waals surface area contributed by atoms with Crippen LogP contribution in [-0.4, -0.2) is 26.0 Å². The van der Waals surface area contributed by atoms with Gasteiger partial charge >= 0.3 is 6.03 Å². The Bertz CT molecular complexity index is 757. The summed E-state index contributed by atoms with van der Waals surface area (Å²) in [5.41, 5.74) is 0.0108. The van der Waals surface area contributed by atoms with Crippen LogP contribution in [0.1, 0.15) is 0 Å². The average Bonchev–Trinajstić information content (AvgIpc) is 3.03. The third-order valence-corrected chi connectivity index (χ3v) is 3.49. The van der Waals surface area contributed by atoms with Crippen LogP contribution in [0.15, 0.2) is 36.4 Å². The van der Waals surface area contributed by atoms with Crippen LogP contribution in [0.5, 0.6) is 17.2 Å². The molecule has 0 spiro atoms. The predicted molar refractivity (Wildman–Crippen MR) is 86.5 cm³/mol. The van der Waals surface area contributed by atoms with Gasteiger partial charge in [-0.3, -0.25) is 0 Å². The maximum atomic E-state index is 13.7. The second-order valence-electron chi connectivity index (χ2n) is 4.85. The van der Waals surface area contributed by atoms with E-state index in [9.17, 15) is 9.18 Å². The molecule has 0 aromatic heterocycles. The topological polar surface area (TPSA) is 68.8 Å². The van der Waals surface area contributed by atoms with Crippen LogP contribution in [0, 0.1) is 5.82 Å². The molecule has 0 radical (unpaired) electrons. The Morgan fingerprint density at radius 1 is 1.25 bits per heavy atom. The molecule has 6 nitrogen and oxygen atoms in total. The summed E-state index contributed by atoms with van der Waals surface area (Å²) in [6, 6.07) is 9.02. The van der Waals surface area contributed by atoms with Crippen LogP contribution in [0.4, 0.5) is 14.9 Å². The summed E-state index contributed by atoms with van der Waals surface area (Å²) >= 11 is 5.65. The van der Waals surface area contributed by atoms with E-state index in [0.29, 0.717) is 17.2 Å². The maximum absolute atomic E-state index is 13.7. The number of hydrogen-bond acceptors (Lipinski definition) is 4. The standard InChI is InChI=1S/C16H14ClFN2O4/c17-11-2-1-3-12(15(11)18)20-16(21)19-6-7-22-10-4-5-13-14(8-10)24-9-23-13/h1-5,8H,6-7,9H2,(H2,19,20,21). The molecule has 0 fully saturated rings. The quantitative estimate of drug-likeness (QED) is 0.809. The average molecular weight is 353 g/mol. The van der Waals surface area contributed by atoms with E-state index >= 15 is 0 Å². The third kappa shape index (κ3) is 3.80. The van der Waals surface area contributed by atoms with Gasteiger partial charge in [0.05, 0.1) is 17.3 Å². The number of rotatable bonds is 5. The van der Waals surface area contributed by atoms with Crippen LogP contribution in [-0.2, 0) is 0 Å². The monoisotopic (exact) mass is 352 g/mol. The van der Waals surface area contributed by atoms with E-state index in [1.165, 1.54) is 12.1 Å². The summed E-state index contributed by atoms with van der Waals surface area (Å²) in [4.78, 5) is 11.7. The Morgan fingerprint density at radius 2 is 2.08 bits per heavy atom. The summed E-state index contributed by atoms with van der Waals surface area (Å²) in [6.45, 7) is 0.675. The van der Waals surface area contributed by atoms with Crippen molar-refractivity contribution in [3.63, 3.8) is 0 Å². The van der Waals surface area contributed by atoms with Gasteiger partial charge in [-0.2, -0.15) is 0 Å².